The first kappa shape index (κ1) is 21.3. The van der Waals surface area contributed by atoms with Gasteiger partial charge < -0.3 is 4.74 Å². The molecule has 0 saturated carbocycles. The van der Waals surface area contributed by atoms with E-state index in [2.05, 4.69) is 0 Å². The largest absolute Gasteiger partial charge is 0.454 e. The van der Waals surface area contributed by atoms with Crippen molar-refractivity contribution in [3.05, 3.63) is 50.1 Å². The van der Waals surface area contributed by atoms with Gasteiger partial charge in [0.15, 0.2) is 6.61 Å². The minimum atomic E-state index is -3.81. The fourth-order valence-corrected chi connectivity index (χ4v) is 5.81. The van der Waals surface area contributed by atoms with E-state index in [4.69, 9.17) is 27.9 Å². The van der Waals surface area contributed by atoms with Gasteiger partial charge in [0.1, 0.15) is 4.90 Å². The molecule has 2 aromatic rings. The molecule has 28 heavy (non-hydrogen) atoms. The van der Waals surface area contributed by atoms with Crippen LogP contribution in [0.1, 0.15) is 39.3 Å². The van der Waals surface area contributed by atoms with Crippen molar-refractivity contribution in [2.75, 3.05) is 19.7 Å². The number of piperidine rings is 1. The third kappa shape index (κ3) is 4.75. The number of halogens is 2. The summed E-state index contributed by atoms with van der Waals surface area (Å²) in [4.78, 5) is 24.6. The third-order valence-corrected chi connectivity index (χ3v) is 7.93. The van der Waals surface area contributed by atoms with Gasteiger partial charge in [-0.3, -0.25) is 4.79 Å². The van der Waals surface area contributed by atoms with Crippen molar-refractivity contribution in [2.45, 2.75) is 24.2 Å². The fourth-order valence-electron chi connectivity index (χ4n) is 2.82. The summed E-state index contributed by atoms with van der Waals surface area (Å²) in [5, 5.41) is 0.0337. The Bertz CT molecular complexity index is 997. The molecule has 0 N–H and O–H groups in total. The van der Waals surface area contributed by atoms with Crippen LogP contribution in [0.4, 0.5) is 0 Å². The van der Waals surface area contributed by atoms with Crippen molar-refractivity contribution in [2.24, 2.45) is 0 Å². The van der Waals surface area contributed by atoms with E-state index < -0.39 is 22.6 Å². The first-order valence-corrected chi connectivity index (χ1v) is 11.6. The lowest BCUT2D eigenvalue weighted by Crippen LogP contribution is -2.35. The summed E-state index contributed by atoms with van der Waals surface area (Å²) >= 11 is 13.0. The van der Waals surface area contributed by atoms with Crippen LogP contribution < -0.4 is 0 Å². The molecule has 1 aromatic carbocycles. The Labute approximate surface area is 177 Å². The third-order valence-electron chi connectivity index (χ3n) is 4.28. The molecule has 0 unspecified atom stereocenters. The second-order valence-electron chi connectivity index (χ2n) is 6.21. The minimum Gasteiger partial charge on any atom is -0.454 e. The maximum atomic E-state index is 12.9. The van der Waals surface area contributed by atoms with Crippen LogP contribution in [0.3, 0.4) is 0 Å². The highest BCUT2D eigenvalue weighted by atomic mass is 35.5. The highest BCUT2D eigenvalue weighted by molar-refractivity contribution is 7.89. The Morgan fingerprint density at radius 3 is 2.43 bits per heavy atom. The molecule has 1 aliphatic heterocycles. The topological polar surface area (TPSA) is 80.8 Å². The van der Waals surface area contributed by atoms with Crippen molar-refractivity contribution in [3.63, 3.8) is 0 Å². The van der Waals surface area contributed by atoms with Gasteiger partial charge in [0, 0.05) is 13.1 Å². The monoisotopic (exact) mass is 461 g/mol. The quantitative estimate of drug-likeness (QED) is 0.473. The van der Waals surface area contributed by atoms with Gasteiger partial charge in [-0.25, -0.2) is 13.2 Å². The molecule has 0 radical (unpaired) electrons. The van der Waals surface area contributed by atoms with Crippen molar-refractivity contribution in [1.29, 1.82) is 0 Å². The molecule has 3 rings (SSSR count). The maximum Gasteiger partial charge on any atom is 0.338 e. The number of sulfonamides is 1. The first-order valence-electron chi connectivity index (χ1n) is 8.54. The van der Waals surface area contributed by atoms with E-state index in [0.717, 1.165) is 30.6 Å². The molecular formula is C18H17Cl2NO5S2. The molecule has 2 heterocycles. The summed E-state index contributed by atoms with van der Waals surface area (Å²) in [7, 11) is -3.81. The number of hydrogen-bond donors (Lipinski definition) is 0. The molecule has 0 atom stereocenters. The summed E-state index contributed by atoms with van der Waals surface area (Å²) in [6.07, 6.45) is 2.55. The van der Waals surface area contributed by atoms with Gasteiger partial charge in [-0.2, -0.15) is 4.31 Å². The zero-order valence-corrected chi connectivity index (χ0v) is 17.8. The average Bonchev–Trinajstić information content (AvgIpc) is 3.13. The number of carbonyl (C=O) groups excluding carboxylic acids is 2. The summed E-state index contributed by atoms with van der Waals surface area (Å²) in [5.41, 5.74) is 0.0111. The second-order valence-corrected chi connectivity index (χ2v) is 10.2. The van der Waals surface area contributed by atoms with Crippen LogP contribution in [0, 0.1) is 0 Å². The van der Waals surface area contributed by atoms with Crippen LogP contribution in [0.25, 0.3) is 0 Å². The van der Waals surface area contributed by atoms with E-state index in [1.54, 1.807) is 12.1 Å². The summed E-state index contributed by atoms with van der Waals surface area (Å²) in [6.45, 7) is 0.378. The molecule has 0 aliphatic carbocycles. The number of Topliss-reactive ketones (excluding diaryl/α,β-unsaturated/α-hetero) is 1. The smallest absolute Gasteiger partial charge is 0.338 e. The lowest BCUT2D eigenvalue weighted by Gasteiger charge is -2.26. The van der Waals surface area contributed by atoms with E-state index in [-0.39, 0.29) is 21.3 Å². The van der Waals surface area contributed by atoms with E-state index in [1.165, 1.54) is 22.5 Å². The zero-order chi connectivity index (χ0) is 20.3. The number of nitrogens with zero attached hydrogens (tertiary/aromatic N) is 1. The molecule has 1 aliphatic rings. The summed E-state index contributed by atoms with van der Waals surface area (Å²) < 4.78 is 32.6. The van der Waals surface area contributed by atoms with E-state index in [9.17, 15) is 18.0 Å². The van der Waals surface area contributed by atoms with Gasteiger partial charge in [0.05, 0.1) is 19.8 Å². The molecule has 150 valence electrons. The summed E-state index contributed by atoms with van der Waals surface area (Å²) in [5.74, 6) is -1.19. The Hall–Kier alpha value is -1.45. The Morgan fingerprint density at radius 2 is 1.79 bits per heavy atom. The number of hydrogen-bond acceptors (Lipinski definition) is 6. The molecule has 0 spiro atoms. The van der Waals surface area contributed by atoms with Crippen LogP contribution in [-0.2, 0) is 14.8 Å². The Morgan fingerprint density at radius 1 is 1.07 bits per heavy atom. The first-order chi connectivity index (χ1) is 13.3. The van der Waals surface area contributed by atoms with Crippen LogP contribution in [0.15, 0.2) is 35.2 Å². The molecule has 0 bridgehead atoms. The van der Waals surface area contributed by atoms with E-state index >= 15 is 0 Å². The molecule has 1 fully saturated rings. The number of rotatable bonds is 6. The second kappa shape index (κ2) is 8.92. The predicted octanol–water partition coefficient (Wildman–Crippen LogP) is 4.27. The highest BCUT2D eigenvalue weighted by Gasteiger charge is 2.29. The van der Waals surface area contributed by atoms with Crippen LogP contribution in [0.2, 0.25) is 9.36 Å². The molecule has 6 nitrogen and oxygen atoms in total. The molecular weight excluding hydrogens is 445 g/mol. The number of ketones is 1. The lowest BCUT2D eigenvalue weighted by atomic mass is 10.2. The van der Waals surface area contributed by atoms with Crippen LogP contribution in [-0.4, -0.2) is 44.2 Å². The Kier molecular flexibility index (Phi) is 6.77. The number of thiophene rings is 1. The molecule has 1 saturated heterocycles. The van der Waals surface area contributed by atoms with Gasteiger partial charge in [0.25, 0.3) is 0 Å². The number of ether oxygens (including phenoxy) is 1. The highest BCUT2D eigenvalue weighted by Crippen LogP contribution is 2.28. The van der Waals surface area contributed by atoms with Crippen LogP contribution >= 0.6 is 34.5 Å². The standard InChI is InChI=1S/C18H17Cl2NO5S2/c19-13-5-4-12(10-16(13)28(24,25)21-8-2-1-3-9-21)18(23)26-11-14(22)15-6-7-17(20)27-15/h4-7,10H,1-3,8-9,11H2. The number of esters is 1. The predicted molar refractivity (Wildman–Crippen MR) is 108 cm³/mol. The Balaban J connectivity index is 1.75. The molecule has 10 heteroatoms. The maximum absolute atomic E-state index is 12.9. The molecule has 0 amide bonds. The van der Waals surface area contributed by atoms with Gasteiger partial charge in [-0.1, -0.05) is 29.6 Å². The minimum absolute atomic E-state index is 0.0111. The normalized spacial score (nSPS) is 15.4. The van der Waals surface area contributed by atoms with Gasteiger partial charge >= 0.3 is 5.97 Å². The van der Waals surface area contributed by atoms with Gasteiger partial charge in [-0.15, -0.1) is 11.3 Å². The van der Waals surface area contributed by atoms with Crippen molar-refractivity contribution >= 4 is 56.3 Å². The van der Waals surface area contributed by atoms with Crippen molar-refractivity contribution in [3.8, 4) is 0 Å². The van der Waals surface area contributed by atoms with Crippen molar-refractivity contribution < 1.29 is 22.7 Å². The summed E-state index contributed by atoms with van der Waals surface area (Å²) in [6, 6.07) is 7.04. The lowest BCUT2D eigenvalue weighted by molar-refractivity contribution is 0.0475. The van der Waals surface area contributed by atoms with Gasteiger partial charge in [0.2, 0.25) is 15.8 Å². The fraction of sp³-hybridized carbons (Fsp3) is 0.333. The SMILES string of the molecule is O=C(OCC(=O)c1ccc(Cl)s1)c1ccc(Cl)c(S(=O)(=O)N2CCCCC2)c1. The zero-order valence-electron chi connectivity index (χ0n) is 14.7. The van der Waals surface area contributed by atoms with Crippen molar-refractivity contribution in [1.82, 2.24) is 4.31 Å². The van der Waals surface area contributed by atoms with E-state index in [0.29, 0.717) is 22.3 Å². The average molecular weight is 462 g/mol. The number of benzene rings is 1. The molecule has 1 aromatic heterocycles. The number of carbonyl (C=O) groups is 2. The van der Waals surface area contributed by atoms with Crippen LogP contribution in [0.5, 0.6) is 0 Å². The van der Waals surface area contributed by atoms with Gasteiger partial charge in [-0.05, 0) is 43.2 Å². The van der Waals surface area contributed by atoms with E-state index in [1.807, 2.05) is 0 Å².